The van der Waals surface area contributed by atoms with Crippen LogP contribution in [0.2, 0.25) is 0 Å². The lowest BCUT2D eigenvalue weighted by molar-refractivity contribution is 0.270. The summed E-state index contributed by atoms with van der Waals surface area (Å²) in [5.74, 6) is 0.569. The fourth-order valence-electron chi connectivity index (χ4n) is 1.60. The van der Waals surface area contributed by atoms with Crippen LogP contribution in [0.5, 0.6) is 0 Å². The van der Waals surface area contributed by atoms with Crippen molar-refractivity contribution in [1.29, 1.82) is 0 Å². The molecule has 2 aromatic rings. The minimum absolute atomic E-state index is 0.0285. The molecule has 0 aromatic carbocycles. The molecule has 0 bridgehead atoms. The first-order valence-electron chi connectivity index (χ1n) is 5.07. The molecule has 2 aromatic heterocycles. The molecule has 0 radical (unpaired) electrons. The van der Waals surface area contributed by atoms with Crippen molar-refractivity contribution in [2.75, 3.05) is 12.3 Å². The molecule has 5 heteroatoms. The fourth-order valence-corrected chi connectivity index (χ4v) is 1.60. The summed E-state index contributed by atoms with van der Waals surface area (Å²) >= 11 is 0. The molecule has 3 N–H and O–H groups in total. The molecule has 2 heterocycles. The maximum absolute atomic E-state index is 8.84. The van der Waals surface area contributed by atoms with E-state index in [2.05, 4.69) is 10.1 Å². The zero-order chi connectivity index (χ0) is 11.5. The minimum atomic E-state index is 0.0285. The average molecular weight is 218 g/mol. The van der Waals surface area contributed by atoms with Crippen molar-refractivity contribution in [3.63, 3.8) is 0 Å². The zero-order valence-electron chi connectivity index (χ0n) is 9.09. The second-order valence-electron chi connectivity index (χ2n) is 3.58. The van der Waals surface area contributed by atoms with E-state index in [9.17, 15) is 0 Å². The lowest BCUT2D eigenvalue weighted by Crippen LogP contribution is -2.07. The molecule has 0 amide bonds. The van der Waals surface area contributed by atoms with Gasteiger partial charge in [-0.25, -0.2) is 4.68 Å². The number of aryl methyl sites for hydroxylation is 1. The summed E-state index contributed by atoms with van der Waals surface area (Å²) < 4.78 is 1.59. The molecule has 0 aliphatic rings. The van der Waals surface area contributed by atoms with E-state index >= 15 is 0 Å². The SMILES string of the molecule is Cc1cc(-c2cnn(CCO)c2N)ccn1. The Morgan fingerprint density at radius 3 is 3.00 bits per heavy atom. The van der Waals surface area contributed by atoms with E-state index in [4.69, 9.17) is 10.8 Å². The van der Waals surface area contributed by atoms with Crippen LogP contribution in [-0.2, 0) is 6.54 Å². The lowest BCUT2D eigenvalue weighted by atomic mass is 10.1. The Morgan fingerprint density at radius 1 is 1.50 bits per heavy atom. The molecule has 0 fully saturated rings. The first kappa shape index (κ1) is 10.6. The van der Waals surface area contributed by atoms with Crippen molar-refractivity contribution in [1.82, 2.24) is 14.8 Å². The van der Waals surface area contributed by atoms with Crippen LogP contribution in [0, 0.1) is 6.92 Å². The number of aliphatic hydroxyl groups excluding tert-OH is 1. The Kier molecular flexibility index (Phi) is 2.87. The average Bonchev–Trinajstić information content (AvgIpc) is 2.61. The number of nitrogens with two attached hydrogens (primary N) is 1. The van der Waals surface area contributed by atoms with Gasteiger partial charge in [-0.15, -0.1) is 0 Å². The van der Waals surface area contributed by atoms with Crippen molar-refractivity contribution >= 4 is 5.82 Å². The highest BCUT2D eigenvalue weighted by atomic mass is 16.3. The van der Waals surface area contributed by atoms with Crippen LogP contribution < -0.4 is 5.73 Å². The van der Waals surface area contributed by atoms with Gasteiger partial charge in [0.15, 0.2) is 0 Å². The number of hydrogen-bond donors (Lipinski definition) is 2. The number of pyridine rings is 1. The molecular formula is C11H14N4O. The molecule has 0 aliphatic carbocycles. The largest absolute Gasteiger partial charge is 0.394 e. The summed E-state index contributed by atoms with van der Waals surface area (Å²) in [6.07, 6.45) is 3.45. The quantitative estimate of drug-likeness (QED) is 0.800. The van der Waals surface area contributed by atoms with Gasteiger partial charge < -0.3 is 10.8 Å². The number of rotatable bonds is 3. The Bertz CT molecular complexity index is 492. The van der Waals surface area contributed by atoms with Gasteiger partial charge in [-0.05, 0) is 24.6 Å². The zero-order valence-corrected chi connectivity index (χ0v) is 9.09. The number of aliphatic hydroxyl groups is 1. The summed E-state index contributed by atoms with van der Waals surface area (Å²) in [4.78, 5) is 4.13. The monoisotopic (exact) mass is 218 g/mol. The van der Waals surface area contributed by atoms with Gasteiger partial charge >= 0.3 is 0 Å². The van der Waals surface area contributed by atoms with Gasteiger partial charge in [-0.1, -0.05) is 0 Å². The standard InChI is InChI=1S/C11H14N4O/c1-8-6-9(2-3-13-8)10-7-14-15(4-5-16)11(10)12/h2-3,6-7,16H,4-5,12H2,1H3. The summed E-state index contributed by atoms with van der Waals surface area (Å²) in [7, 11) is 0. The van der Waals surface area contributed by atoms with E-state index in [0.29, 0.717) is 12.4 Å². The van der Waals surface area contributed by atoms with E-state index in [1.54, 1.807) is 17.1 Å². The number of nitrogens with zero attached hydrogens (tertiary/aromatic N) is 3. The van der Waals surface area contributed by atoms with Crippen LogP contribution in [0.4, 0.5) is 5.82 Å². The van der Waals surface area contributed by atoms with Crippen molar-refractivity contribution < 1.29 is 5.11 Å². The lowest BCUT2D eigenvalue weighted by Gasteiger charge is -2.03. The summed E-state index contributed by atoms with van der Waals surface area (Å²) in [5, 5.41) is 13.0. The number of anilines is 1. The Morgan fingerprint density at radius 2 is 2.31 bits per heavy atom. The smallest absolute Gasteiger partial charge is 0.129 e. The topological polar surface area (TPSA) is 77.0 Å². The summed E-state index contributed by atoms with van der Waals surface area (Å²) in [6.45, 7) is 2.37. The third kappa shape index (κ3) is 1.90. The van der Waals surface area contributed by atoms with Crippen molar-refractivity contribution in [3.8, 4) is 11.1 Å². The van der Waals surface area contributed by atoms with Crippen LogP contribution in [0.25, 0.3) is 11.1 Å². The fraction of sp³-hybridized carbons (Fsp3) is 0.273. The van der Waals surface area contributed by atoms with Crippen molar-refractivity contribution in [2.45, 2.75) is 13.5 Å². The normalized spacial score (nSPS) is 10.6. The molecule has 16 heavy (non-hydrogen) atoms. The summed E-state index contributed by atoms with van der Waals surface area (Å²) in [5.41, 5.74) is 8.75. The molecule has 0 aliphatic heterocycles. The number of nitrogen functional groups attached to an aromatic ring is 1. The van der Waals surface area contributed by atoms with Crippen LogP contribution in [0.3, 0.4) is 0 Å². The highest BCUT2D eigenvalue weighted by Crippen LogP contribution is 2.25. The number of aromatic nitrogens is 3. The van der Waals surface area contributed by atoms with Crippen LogP contribution in [0.1, 0.15) is 5.69 Å². The predicted molar refractivity (Wildman–Crippen MR) is 61.7 cm³/mol. The second kappa shape index (κ2) is 4.32. The van der Waals surface area contributed by atoms with E-state index < -0.39 is 0 Å². The molecule has 0 atom stereocenters. The highest BCUT2D eigenvalue weighted by molar-refractivity contribution is 5.73. The first-order valence-corrected chi connectivity index (χ1v) is 5.07. The van der Waals surface area contributed by atoms with Crippen molar-refractivity contribution in [3.05, 3.63) is 30.2 Å². The number of hydrogen-bond acceptors (Lipinski definition) is 4. The van der Waals surface area contributed by atoms with E-state index in [1.165, 1.54) is 0 Å². The van der Waals surface area contributed by atoms with E-state index in [-0.39, 0.29) is 6.61 Å². The Labute approximate surface area is 93.5 Å². The minimum Gasteiger partial charge on any atom is -0.394 e. The molecule has 84 valence electrons. The van der Waals surface area contributed by atoms with Crippen molar-refractivity contribution in [2.24, 2.45) is 0 Å². The van der Waals surface area contributed by atoms with Crippen LogP contribution >= 0.6 is 0 Å². The van der Waals surface area contributed by atoms with Crippen LogP contribution in [-0.4, -0.2) is 26.5 Å². The first-order chi connectivity index (χ1) is 7.72. The van der Waals surface area contributed by atoms with Gasteiger partial charge in [0, 0.05) is 17.5 Å². The maximum Gasteiger partial charge on any atom is 0.129 e. The second-order valence-corrected chi connectivity index (χ2v) is 3.58. The summed E-state index contributed by atoms with van der Waals surface area (Å²) in [6, 6.07) is 3.85. The predicted octanol–water partition coefficient (Wildman–Crippen LogP) is 0.828. The molecule has 5 nitrogen and oxygen atoms in total. The van der Waals surface area contributed by atoms with Gasteiger partial charge in [0.1, 0.15) is 5.82 Å². The van der Waals surface area contributed by atoms with E-state index in [1.807, 2.05) is 19.1 Å². The molecule has 0 unspecified atom stereocenters. The van der Waals surface area contributed by atoms with Gasteiger partial charge in [-0.2, -0.15) is 5.10 Å². The van der Waals surface area contributed by atoms with Crippen LogP contribution in [0.15, 0.2) is 24.5 Å². The molecule has 0 spiro atoms. The Balaban J connectivity index is 2.41. The van der Waals surface area contributed by atoms with Gasteiger partial charge in [0.05, 0.1) is 19.3 Å². The third-order valence-electron chi connectivity index (χ3n) is 2.40. The molecule has 0 saturated carbocycles. The maximum atomic E-state index is 8.84. The van der Waals surface area contributed by atoms with E-state index in [0.717, 1.165) is 16.8 Å². The van der Waals surface area contributed by atoms with Gasteiger partial charge in [0.25, 0.3) is 0 Å². The third-order valence-corrected chi connectivity index (χ3v) is 2.40. The molecular weight excluding hydrogens is 204 g/mol. The highest BCUT2D eigenvalue weighted by Gasteiger charge is 2.09. The van der Waals surface area contributed by atoms with Gasteiger partial charge in [-0.3, -0.25) is 4.98 Å². The molecule has 2 rings (SSSR count). The molecule has 0 saturated heterocycles. The Hall–Kier alpha value is -1.88. The van der Waals surface area contributed by atoms with Gasteiger partial charge in [0.2, 0.25) is 0 Å².